The van der Waals surface area contributed by atoms with Gasteiger partial charge in [0, 0.05) is 24.6 Å². The van der Waals surface area contributed by atoms with E-state index in [4.69, 9.17) is 0 Å². The van der Waals surface area contributed by atoms with Crippen molar-refractivity contribution in [1.82, 2.24) is 14.7 Å². The lowest BCUT2D eigenvalue weighted by molar-refractivity contribution is -0.138. The number of hydrogen-bond acceptors (Lipinski definition) is 4. The summed E-state index contributed by atoms with van der Waals surface area (Å²) in [7, 11) is 0. The van der Waals surface area contributed by atoms with Gasteiger partial charge in [-0.2, -0.15) is 5.10 Å². The number of likely N-dealkylation sites (N-methyl/N-ethyl adjacent to an activating group) is 1. The summed E-state index contributed by atoms with van der Waals surface area (Å²) in [6, 6.07) is 9.23. The van der Waals surface area contributed by atoms with Gasteiger partial charge in [0.2, 0.25) is 5.91 Å². The Morgan fingerprint density at radius 2 is 2.18 bits per heavy atom. The summed E-state index contributed by atoms with van der Waals surface area (Å²) in [4.78, 5) is 25.2. The van der Waals surface area contributed by atoms with Crippen molar-refractivity contribution in [2.75, 3.05) is 11.9 Å². The predicted molar refractivity (Wildman–Crippen MR) is 82.2 cm³/mol. The molecule has 6 heteroatoms. The molecular weight excluding hydrogens is 280 g/mol. The second-order valence-electron chi connectivity index (χ2n) is 5.28. The summed E-state index contributed by atoms with van der Waals surface area (Å²) < 4.78 is 1.84. The number of carbonyl (C=O) groups is 2. The molecule has 1 unspecified atom stereocenters. The molecule has 114 valence electrons. The highest BCUT2D eigenvalue weighted by atomic mass is 16.2. The van der Waals surface area contributed by atoms with Gasteiger partial charge in [-0.15, -0.1) is 0 Å². The number of nitrogens with zero attached hydrogens (tertiary/aromatic N) is 3. The molecule has 0 bridgehead atoms. The van der Waals surface area contributed by atoms with Crippen LogP contribution in [0.5, 0.6) is 0 Å². The maximum atomic E-state index is 12.1. The Morgan fingerprint density at radius 1 is 1.32 bits per heavy atom. The molecule has 2 heterocycles. The van der Waals surface area contributed by atoms with Crippen LogP contribution in [0.15, 0.2) is 42.7 Å². The normalized spacial score (nSPS) is 18.0. The van der Waals surface area contributed by atoms with E-state index in [9.17, 15) is 9.59 Å². The van der Waals surface area contributed by atoms with Gasteiger partial charge in [0.15, 0.2) is 0 Å². The van der Waals surface area contributed by atoms with Crippen LogP contribution in [0.3, 0.4) is 0 Å². The minimum atomic E-state index is -0.465. The van der Waals surface area contributed by atoms with Gasteiger partial charge in [-0.1, -0.05) is 12.1 Å². The first kappa shape index (κ1) is 14.3. The summed E-state index contributed by atoms with van der Waals surface area (Å²) in [6.07, 6.45) is 3.86. The fraction of sp³-hybridized carbons (Fsp3) is 0.312. The predicted octanol–water partition coefficient (Wildman–Crippen LogP) is 1.49. The fourth-order valence-corrected chi connectivity index (χ4v) is 2.67. The van der Waals surface area contributed by atoms with E-state index in [-0.39, 0.29) is 18.2 Å². The van der Waals surface area contributed by atoms with Crippen LogP contribution in [0, 0.1) is 0 Å². The molecule has 1 aliphatic rings. The van der Waals surface area contributed by atoms with Crippen molar-refractivity contribution in [3.05, 3.63) is 48.3 Å². The molecule has 1 saturated heterocycles. The number of likely N-dealkylation sites (tertiary alicyclic amines) is 1. The first-order valence-corrected chi connectivity index (χ1v) is 7.34. The first-order valence-electron chi connectivity index (χ1n) is 7.34. The average Bonchev–Trinajstić information content (AvgIpc) is 3.09. The summed E-state index contributed by atoms with van der Waals surface area (Å²) in [5, 5.41) is 7.34. The Hall–Kier alpha value is -2.63. The average molecular weight is 298 g/mol. The summed E-state index contributed by atoms with van der Waals surface area (Å²) in [5.74, 6) is -0.261. The molecule has 1 N–H and O–H groups in total. The van der Waals surface area contributed by atoms with Crippen LogP contribution in [0.1, 0.15) is 18.9 Å². The third kappa shape index (κ3) is 2.86. The van der Waals surface area contributed by atoms with Gasteiger partial charge in [-0.3, -0.25) is 19.2 Å². The first-order chi connectivity index (χ1) is 10.7. The fourth-order valence-electron chi connectivity index (χ4n) is 2.67. The Kier molecular flexibility index (Phi) is 3.91. The molecule has 0 saturated carbocycles. The molecular formula is C16H18N4O2. The number of rotatable bonds is 5. The van der Waals surface area contributed by atoms with E-state index in [0.717, 1.165) is 11.3 Å². The molecule has 22 heavy (non-hydrogen) atoms. The molecule has 6 nitrogen and oxygen atoms in total. The van der Waals surface area contributed by atoms with Crippen molar-refractivity contribution in [2.24, 2.45) is 0 Å². The second kappa shape index (κ2) is 6.01. The van der Waals surface area contributed by atoms with E-state index >= 15 is 0 Å². The van der Waals surface area contributed by atoms with Gasteiger partial charge in [0.05, 0.1) is 13.0 Å². The van der Waals surface area contributed by atoms with E-state index < -0.39 is 6.04 Å². The summed E-state index contributed by atoms with van der Waals surface area (Å²) >= 11 is 0. The maximum Gasteiger partial charge on any atom is 0.252 e. The lowest BCUT2D eigenvalue weighted by atomic mass is 10.1. The summed E-state index contributed by atoms with van der Waals surface area (Å²) in [5.41, 5.74) is 1.92. The molecule has 1 aliphatic heterocycles. The molecule has 1 aromatic heterocycles. The van der Waals surface area contributed by atoms with Gasteiger partial charge >= 0.3 is 0 Å². The molecule has 0 spiro atoms. The highest BCUT2D eigenvalue weighted by Crippen LogP contribution is 2.19. The molecule has 1 fully saturated rings. The van der Waals surface area contributed by atoms with Crippen LogP contribution in [0.4, 0.5) is 5.69 Å². The van der Waals surface area contributed by atoms with Gasteiger partial charge in [0.1, 0.15) is 6.04 Å². The van der Waals surface area contributed by atoms with Crippen molar-refractivity contribution in [1.29, 1.82) is 0 Å². The number of anilines is 1. The molecule has 0 radical (unpaired) electrons. The number of imide groups is 1. The SMILES string of the molecule is CCN1C(=O)CC(Nc2cccc(Cn3cccn3)c2)C1=O. The number of carbonyl (C=O) groups excluding carboxylic acids is 2. The zero-order valence-electron chi connectivity index (χ0n) is 12.4. The lowest BCUT2D eigenvalue weighted by Gasteiger charge is -2.14. The zero-order chi connectivity index (χ0) is 15.5. The molecule has 2 aromatic rings. The van der Waals surface area contributed by atoms with Crippen LogP contribution in [-0.4, -0.2) is 39.1 Å². The van der Waals surface area contributed by atoms with Crippen molar-refractivity contribution < 1.29 is 9.59 Å². The zero-order valence-corrected chi connectivity index (χ0v) is 12.4. The van der Waals surface area contributed by atoms with Gasteiger partial charge < -0.3 is 5.32 Å². The highest BCUT2D eigenvalue weighted by molar-refractivity contribution is 6.06. The van der Waals surface area contributed by atoms with E-state index in [1.807, 2.05) is 48.1 Å². The summed E-state index contributed by atoms with van der Waals surface area (Å²) in [6.45, 7) is 2.90. The number of benzene rings is 1. The van der Waals surface area contributed by atoms with Gasteiger partial charge in [0.25, 0.3) is 5.91 Å². The van der Waals surface area contributed by atoms with E-state index in [0.29, 0.717) is 13.1 Å². The highest BCUT2D eigenvalue weighted by Gasteiger charge is 2.37. The largest absolute Gasteiger partial charge is 0.373 e. The number of nitrogens with one attached hydrogen (secondary N) is 1. The Balaban J connectivity index is 1.71. The van der Waals surface area contributed by atoms with E-state index in [1.165, 1.54) is 4.90 Å². The number of aromatic nitrogens is 2. The third-order valence-electron chi connectivity index (χ3n) is 3.73. The van der Waals surface area contributed by atoms with Crippen LogP contribution in [0.25, 0.3) is 0 Å². The smallest absolute Gasteiger partial charge is 0.252 e. The minimum Gasteiger partial charge on any atom is -0.373 e. The van der Waals surface area contributed by atoms with Crippen molar-refractivity contribution in [3.8, 4) is 0 Å². The molecule has 3 rings (SSSR count). The lowest BCUT2D eigenvalue weighted by Crippen LogP contribution is -2.34. The van der Waals surface area contributed by atoms with Gasteiger partial charge in [-0.25, -0.2) is 0 Å². The van der Waals surface area contributed by atoms with E-state index in [2.05, 4.69) is 10.4 Å². The second-order valence-corrected chi connectivity index (χ2v) is 5.28. The monoisotopic (exact) mass is 298 g/mol. The minimum absolute atomic E-state index is 0.113. The quantitative estimate of drug-likeness (QED) is 0.849. The Labute approximate surface area is 128 Å². The number of hydrogen-bond donors (Lipinski definition) is 1. The molecule has 2 amide bonds. The van der Waals surface area contributed by atoms with Crippen LogP contribution in [0.2, 0.25) is 0 Å². The van der Waals surface area contributed by atoms with Crippen LogP contribution in [-0.2, 0) is 16.1 Å². The van der Waals surface area contributed by atoms with Crippen LogP contribution < -0.4 is 5.32 Å². The maximum absolute atomic E-state index is 12.1. The van der Waals surface area contributed by atoms with Crippen LogP contribution >= 0.6 is 0 Å². The van der Waals surface area contributed by atoms with Gasteiger partial charge in [-0.05, 0) is 30.7 Å². The number of amides is 2. The van der Waals surface area contributed by atoms with Crippen molar-refractivity contribution in [2.45, 2.75) is 25.9 Å². The standard InChI is InChI=1S/C16H18N4O2/c1-2-20-15(21)10-14(16(20)22)18-13-6-3-5-12(9-13)11-19-8-4-7-17-19/h3-9,14,18H,2,10-11H2,1H3. The van der Waals surface area contributed by atoms with E-state index in [1.54, 1.807) is 6.20 Å². The third-order valence-corrected chi connectivity index (χ3v) is 3.73. The molecule has 1 aromatic carbocycles. The molecule has 1 atom stereocenters. The van der Waals surface area contributed by atoms with Crippen molar-refractivity contribution in [3.63, 3.8) is 0 Å². The topological polar surface area (TPSA) is 67.2 Å². The Morgan fingerprint density at radius 3 is 2.86 bits per heavy atom. The van der Waals surface area contributed by atoms with Crippen molar-refractivity contribution >= 4 is 17.5 Å². The Bertz CT molecular complexity index is 681. The molecule has 0 aliphatic carbocycles.